The topological polar surface area (TPSA) is 29.9 Å². The normalized spacial score (nSPS) is 25.1. The minimum absolute atomic E-state index is 0.745. The summed E-state index contributed by atoms with van der Waals surface area (Å²) in [6, 6.07) is 0.745. The highest BCUT2D eigenvalue weighted by Crippen LogP contribution is 2.34. The van der Waals surface area contributed by atoms with Crippen molar-refractivity contribution in [1.82, 2.24) is 15.1 Å². The van der Waals surface area contributed by atoms with Gasteiger partial charge in [0.2, 0.25) is 0 Å². The molecular weight excluding hydrogens is 218 g/mol. The molecule has 0 amide bonds. The summed E-state index contributed by atoms with van der Waals surface area (Å²) in [5, 5.41) is 8.60. The van der Waals surface area contributed by atoms with Crippen molar-refractivity contribution in [2.24, 2.45) is 7.05 Å². The maximum Gasteiger partial charge on any atom is 0.0625 e. The Balaban J connectivity index is 1.76. The molecule has 0 radical (unpaired) electrons. The number of thioether (sulfide) groups is 1. The molecule has 0 spiro atoms. The fourth-order valence-electron chi connectivity index (χ4n) is 2.23. The van der Waals surface area contributed by atoms with E-state index < -0.39 is 0 Å². The second-order valence-corrected chi connectivity index (χ2v) is 5.93. The molecule has 1 aromatic rings. The molecule has 16 heavy (non-hydrogen) atoms. The number of rotatable bonds is 5. The van der Waals surface area contributed by atoms with E-state index in [1.54, 1.807) is 0 Å². The highest BCUT2D eigenvalue weighted by Gasteiger charge is 2.24. The van der Waals surface area contributed by atoms with Crippen LogP contribution in [0.4, 0.5) is 0 Å². The largest absolute Gasteiger partial charge is 0.314 e. The lowest BCUT2D eigenvalue weighted by Gasteiger charge is -2.11. The lowest BCUT2D eigenvalue weighted by atomic mass is 10.2. The van der Waals surface area contributed by atoms with Crippen molar-refractivity contribution in [2.45, 2.75) is 48.8 Å². The highest BCUT2D eigenvalue weighted by atomic mass is 32.2. The Morgan fingerprint density at radius 2 is 2.44 bits per heavy atom. The van der Waals surface area contributed by atoms with Crippen LogP contribution in [0.15, 0.2) is 17.3 Å². The van der Waals surface area contributed by atoms with Crippen LogP contribution in [0.3, 0.4) is 0 Å². The van der Waals surface area contributed by atoms with Gasteiger partial charge >= 0.3 is 0 Å². The molecule has 1 N–H and O–H groups in total. The van der Waals surface area contributed by atoms with E-state index in [-0.39, 0.29) is 0 Å². The lowest BCUT2D eigenvalue weighted by Crippen LogP contribution is -2.27. The van der Waals surface area contributed by atoms with Crippen molar-refractivity contribution in [1.29, 1.82) is 0 Å². The van der Waals surface area contributed by atoms with E-state index in [2.05, 4.69) is 23.5 Å². The number of hydrogen-bond donors (Lipinski definition) is 1. The summed E-state index contributed by atoms with van der Waals surface area (Å²) < 4.78 is 1.88. The van der Waals surface area contributed by atoms with Crippen molar-refractivity contribution in [2.75, 3.05) is 6.54 Å². The van der Waals surface area contributed by atoms with Crippen LogP contribution in [0.1, 0.15) is 32.6 Å². The van der Waals surface area contributed by atoms with Crippen LogP contribution in [0.5, 0.6) is 0 Å². The maximum absolute atomic E-state index is 4.21. The third kappa shape index (κ3) is 3.25. The first-order valence-electron chi connectivity index (χ1n) is 6.16. The summed E-state index contributed by atoms with van der Waals surface area (Å²) in [4.78, 5) is 1.31. The molecule has 1 saturated carbocycles. The van der Waals surface area contributed by atoms with Crippen molar-refractivity contribution in [3.8, 4) is 0 Å². The standard InChI is InChI=1S/C12H21N3S/c1-3-6-13-10-4-5-11(7-10)16-12-8-14-15(2)9-12/h8-11,13H,3-7H2,1-2H3. The van der Waals surface area contributed by atoms with Gasteiger partial charge in [0.25, 0.3) is 0 Å². The Morgan fingerprint density at radius 1 is 1.56 bits per heavy atom. The van der Waals surface area contributed by atoms with Crippen LogP contribution in [-0.2, 0) is 7.05 Å². The van der Waals surface area contributed by atoms with Crippen LogP contribution < -0.4 is 5.32 Å². The summed E-state index contributed by atoms with van der Waals surface area (Å²) in [6.45, 7) is 3.39. The van der Waals surface area contributed by atoms with E-state index in [1.807, 2.05) is 29.7 Å². The molecular formula is C12H21N3S. The monoisotopic (exact) mass is 239 g/mol. The Morgan fingerprint density at radius 3 is 3.12 bits per heavy atom. The van der Waals surface area contributed by atoms with Gasteiger partial charge in [0.05, 0.1) is 6.20 Å². The predicted octanol–water partition coefficient (Wildman–Crippen LogP) is 2.43. The minimum atomic E-state index is 0.745. The molecule has 90 valence electrons. The fourth-order valence-corrected chi connectivity index (χ4v) is 3.52. The first-order chi connectivity index (χ1) is 7.78. The number of hydrogen-bond acceptors (Lipinski definition) is 3. The van der Waals surface area contributed by atoms with Crippen molar-refractivity contribution >= 4 is 11.8 Å². The smallest absolute Gasteiger partial charge is 0.0625 e. The second kappa shape index (κ2) is 5.73. The zero-order valence-corrected chi connectivity index (χ0v) is 11.0. The number of nitrogens with zero attached hydrogens (tertiary/aromatic N) is 2. The molecule has 4 heteroatoms. The SMILES string of the molecule is CCCNC1CCC(Sc2cnn(C)c2)C1. The van der Waals surface area contributed by atoms with Gasteiger partial charge in [-0.3, -0.25) is 4.68 Å². The van der Waals surface area contributed by atoms with Crippen LogP contribution in [-0.4, -0.2) is 27.6 Å². The molecule has 1 heterocycles. The van der Waals surface area contributed by atoms with Gasteiger partial charge in [0.15, 0.2) is 0 Å². The molecule has 2 atom stereocenters. The zero-order valence-electron chi connectivity index (χ0n) is 10.1. The van der Waals surface area contributed by atoms with Gasteiger partial charge in [-0.25, -0.2) is 0 Å². The van der Waals surface area contributed by atoms with E-state index in [9.17, 15) is 0 Å². The average Bonchev–Trinajstić information content (AvgIpc) is 2.86. The van der Waals surface area contributed by atoms with E-state index in [0.29, 0.717) is 0 Å². The van der Waals surface area contributed by atoms with E-state index in [1.165, 1.54) is 30.6 Å². The van der Waals surface area contributed by atoms with E-state index in [0.717, 1.165) is 17.8 Å². The first kappa shape index (κ1) is 12.0. The van der Waals surface area contributed by atoms with Crippen LogP contribution in [0.2, 0.25) is 0 Å². The molecule has 1 aromatic heterocycles. The van der Waals surface area contributed by atoms with Gasteiger partial charge in [-0.2, -0.15) is 5.10 Å². The van der Waals surface area contributed by atoms with Crippen LogP contribution in [0.25, 0.3) is 0 Å². The van der Waals surface area contributed by atoms with Crippen molar-refractivity contribution < 1.29 is 0 Å². The molecule has 0 saturated heterocycles. The quantitative estimate of drug-likeness (QED) is 0.856. The summed E-state index contributed by atoms with van der Waals surface area (Å²) in [6.07, 6.45) is 9.28. The molecule has 1 aliphatic carbocycles. The van der Waals surface area contributed by atoms with Gasteiger partial charge < -0.3 is 5.32 Å². The summed E-state index contributed by atoms with van der Waals surface area (Å²) in [7, 11) is 1.98. The molecule has 1 aliphatic rings. The Bertz CT molecular complexity index is 324. The Hall–Kier alpha value is -0.480. The molecule has 2 rings (SSSR count). The molecule has 0 aromatic carbocycles. The third-order valence-corrected chi connectivity index (χ3v) is 4.30. The molecule has 1 fully saturated rings. The number of nitrogens with one attached hydrogen (secondary N) is 1. The first-order valence-corrected chi connectivity index (χ1v) is 7.04. The Kier molecular flexibility index (Phi) is 4.29. The van der Waals surface area contributed by atoms with Gasteiger partial charge in [0.1, 0.15) is 0 Å². The van der Waals surface area contributed by atoms with Crippen molar-refractivity contribution in [3.05, 3.63) is 12.4 Å². The summed E-state index contributed by atoms with van der Waals surface area (Å²) >= 11 is 1.99. The van der Waals surface area contributed by atoms with E-state index >= 15 is 0 Å². The second-order valence-electron chi connectivity index (χ2n) is 4.55. The van der Waals surface area contributed by atoms with Crippen molar-refractivity contribution in [3.63, 3.8) is 0 Å². The number of aromatic nitrogens is 2. The average molecular weight is 239 g/mol. The van der Waals surface area contributed by atoms with Crippen LogP contribution >= 0.6 is 11.8 Å². The maximum atomic E-state index is 4.21. The third-order valence-electron chi connectivity index (χ3n) is 3.05. The minimum Gasteiger partial charge on any atom is -0.314 e. The summed E-state index contributed by atoms with van der Waals surface area (Å²) in [5.41, 5.74) is 0. The lowest BCUT2D eigenvalue weighted by molar-refractivity contribution is 0.524. The summed E-state index contributed by atoms with van der Waals surface area (Å²) in [5.74, 6) is 0. The Labute approximate surface area is 102 Å². The van der Waals surface area contributed by atoms with Gasteiger partial charge in [-0.05, 0) is 32.2 Å². The molecule has 0 bridgehead atoms. The predicted molar refractivity (Wildman–Crippen MR) is 68.8 cm³/mol. The molecule has 0 aliphatic heterocycles. The molecule has 2 unspecified atom stereocenters. The number of aryl methyl sites for hydroxylation is 1. The zero-order chi connectivity index (χ0) is 11.4. The fraction of sp³-hybridized carbons (Fsp3) is 0.750. The van der Waals surface area contributed by atoms with Gasteiger partial charge in [-0.1, -0.05) is 6.92 Å². The molecule has 3 nitrogen and oxygen atoms in total. The van der Waals surface area contributed by atoms with Gasteiger partial charge in [-0.15, -0.1) is 11.8 Å². The van der Waals surface area contributed by atoms with Gasteiger partial charge in [0, 0.05) is 29.4 Å². The highest BCUT2D eigenvalue weighted by molar-refractivity contribution is 8.00. The van der Waals surface area contributed by atoms with E-state index in [4.69, 9.17) is 0 Å². The van der Waals surface area contributed by atoms with Crippen LogP contribution in [0, 0.1) is 0 Å².